The van der Waals surface area contributed by atoms with Crippen molar-refractivity contribution in [2.24, 2.45) is 0 Å². The quantitative estimate of drug-likeness (QED) is 0.842. The molecule has 2 N–H and O–H groups in total. The topological polar surface area (TPSA) is 68.8 Å². The molecule has 0 aliphatic carbocycles. The molecule has 0 radical (unpaired) electrons. The maximum Gasteiger partial charge on any atom is 0.411 e. The van der Waals surface area contributed by atoms with Crippen molar-refractivity contribution in [2.45, 2.75) is 6.92 Å². The number of rotatable bonds is 6. The van der Waals surface area contributed by atoms with Gasteiger partial charge in [-0.1, -0.05) is 0 Å². The van der Waals surface area contributed by atoms with Crippen molar-refractivity contribution in [3.8, 4) is 11.5 Å². The Bertz CT molecular complexity index is 656. The molecule has 23 heavy (non-hydrogen) atoms. The third kappa shape index (κ3) is 4.54. The fraction of sp³-hybridized carbons (Fsp3) is 0.235. The van der Waals surface area contributed by atoms with Gasteiger partial charge in [0.2, 0.25) is 0 Å². The molecule has 6 heteroatoms. The van der Waals surface area contributed by atoms with Crippen molar-refractivity contribution in [1.82, 2.24) is 0 Å². The molecule has 122 valence electrons. The van der Waals surface area contributed by atoms with Gasteiger partial charge in [0.15, 0.2) is 0 Å². The highest BCUT2D eigenvalue weighted by Gasteiger charge is 2.06. The first-order valence-electron chi connectivity index (χ1n) is 7.19. The number of nitrogens with one attached hydrogen (secondary N) is 2. The predicted octanol–water partition coefficient (Wildman–Crippen LogP) is 4.02. The zero-order valence-corrected chi connectivity index (χ0v) is 13.4. The van der Waals surface area contributed by atoms with Crippen LogP contribution < -0.4 is 20.1 Å². The van der Waals surface area contributed by atoms with E-state index in [2.05, 4.69) is 10.6 Å². The van der Waals surface area contributed by atoms with E-state index >= 15 is 0 Å². The molecule has 0 aromatic heterocycles. The molecule has 0 bridgehead atoms. The monoisotopic (exact) mass is 316 g/mol. The second-order valence-electron chi connectivity index (χ2n) is 4.61. The summed E-state index contributed by atoms with van der Waals surface area (Å²) in [6, 6.07) is 12.8. The normalized spacial score (nSPS) is 9.87. The number of benzene rings is 2. The lowest BCUT2D eigenvalue weighted by atomic mass is 10.2. The third-order valence-corrected chi connectivity index (χ3v) is 3.09. The van der Waals surface area contributed by atoms with Gasteiger partial charge in [0.05, 0.1) is 26.5 Å². The van der Waals surface area contributed by atoms with Gasteiger partial charge in [0.25, 0.3) is 0 Å². The second kappa shape index (κ2) is 7.93. The van der Waals surface area contributed by atoms with Gasteiger partial charge >= 0.3 is 6.09 Å². The molecule has 0 spiro atoms. The summed E-state index contributed by atoms with van der Waals surface area (Å²) >= 11 is 0. The average molecular weight is 316 g/mol. The zero-order chi connectivity index (χ0) is 16.7. The minimum atomic E-state index is -0.468. The van der Waals surface area contributed by atoms with Crippen LogP contribution in [0.2, 0.25) is 0 Å². The van der Waals surface area contributed by atoms with E-state index in [1.165, 1.54) is 0 Å². The first-order valence-corrected chi connectivity index (χ1v) is 7.19. The van der Waals surface area contributed by atoms with Crippen LogP contribution in [0.25, 0.3) is 0 Å². The third-order valence-electron chi connectivity index (χ3n) is 3.09. The largest absolute Gasteiger partial charge is 0.497 e. The van der Waals surface area contributed by atoms with E-state index in [1.54, 1.807) is 39.3 Å². The Balaban J connectivity index is 2.07. The van der Waals surface area contributed by atoms with Crippen LogP contribution in [-0.2, 0) is 4.74 Å². The highest BCUT2D eigenvalue weighted by molar-refractivity contribution is 5.85. The number of anilines is 3. The number of hydrogen-bond acceptors (Lipinski definition) is 5. The van der Waals surface area contributed by atoms with Gasteiger partial charge in [-0.3, -0.25) is 5.32 Å². The maximum absolute atomic E-state index is 11.4. The second-order valence-corrected chi connectivity index (χ2v) is 4.61. The molecule has 0 aliphatic rings. The minimum Gasteiger partial charge on any atom is -0.497 e. The zero-order valence-electron chi connectivity index (χ0n) is 13.4. The molecule has 1 amide bonds. The summed E-state index contributed by atoms with van der Waals surface area (Å²) in [5.74, 6) is 1.40. The lowest BCUT2D eigenvalue weighted by Gasteiger charge is -2.13. The molecule has 0 fully saturated rings. The fourth-order valence-corrected chi connectivity index (χ4v) is 1.98. The lowest BCUT2D eigenvalue weighted by Crippen LogP contribution is -2.13. The van der Waals surface area contributed by atoms with Crippen molar-refractivity contribution in [3.63, 3.8) is 0 Å². The van der Waals surface area contributed by atoms with Gasteiger partial charge in [-0.2, -0.15) is 0 Å². The Morgan fingerprint density at radius 1 is 1.00 bits per heavy atom. The van der Waals surface area contributed by atoms with Crippen molar-refractivity contribution < 1.29 is 19.0 Å². The van der Waals surface area contributed by atoms with Gasteiger partial charge < -0.3 is 19.5 Å². The molecule has 2 aromatic rings. The molecule has 0 heterocycles. The fourth-order valence-electron chi connectivity index (χ4n) is 1.98. The summed E-state index contributed by atoms with van der Waals surface area (Å²) in [4.78, 5) is 11.4. The maximum atomic E-state index is 11.4. The molecule has 2 aromatic carbocycles. The number of hydrogen-bond donors (Lipinski definition) is 2. The van der Waals surface area contributed by atoms with Crippen LogP contribution in [0.3, 0.4) is 0 Å². The minimum absolute atomic E-state index is 0.336. The van der Waals surface area contributed by atoms with E-state index < -0.39 is 6.09 Å². The molecule has 6 nitrogen and oxygen atoms in total. The number of amides is 1. The van der Waals surface area contributed by atoms with Crippen LogP contribution in [0.1, 0.15) is 6.92 Å². The van der Waals surface area contributed by atoms with E-state index in [4.69, 9.17) is 14.2 Å². The number of methoxy groups -OCH3 is 2. The van der Waals surface area contributed by atoms with E-state index in [1.807, 2.05) is 24.3 Å². The van der Waals surface area contributed by atoms with Crippen LogP contribution in [0.15, 0.2) is 42.5 Å². The van der Waals surface area contributed by atoms with Crippen molar-refractivity contribution in [3.05, 3.63) is 42.5 Å². The molecule has 0 saturated carbocycles. The number of ether oxygens (including phenoxy) is 3. The van der Waals surface area contributed by atoms with Gasteiger partial charge in [-0.15, -0.1) is 0 Å². The highest BCUT2D eigenvalue weighted by atomic mass is 16.5. The summed E-state index contributed by atoms with van der Waals surface area (Å²) in [5, 5.41) is 5.90. The van der Waals surface area contributed by atoms with Gasteiger partial charge in [-0.05, 0) is 43.3 Å². The molecular weight excluding hydrogens is 296 g/mol. The summed E-state index contributed by atoms with van der Waals surface area (Å²) in [7, 11) is 3.21. The Hall–Kier alpha value is -2.89. The van der Waals surface area contributed by atoms with Crippen molar-refractivity contribution in [2.75, 3.05) is 31.5 Å². The Morgan fingerprint density at radius 2 is 1.70 bits per heavy atom. The van der Waals surface area contributed by atoms with Crippen molar-refractivity contribution >= 4 is 23.2 Å². The summed E-state index contributed by atoms with van der Waals surface area (Å²) in [6.45, 7) is 2.09. The van der Waals surface area contributed by atoms with Crippen LogP contribution >= 0.6 is 0 Å². The smallest absolute Gasteiger partial charge is 0.411 e. The molecule has 0 atom stereocenters. The number of carbonyl (C=O) groups excluding carboxylic acids is 1. The van der Waals surface area contributed by atoms with E-state index in [0.29, 0.717) is 18.0 Å². The first kappa shape index (κ1) is 16.5. The van der Waals surface area contributed by atoms with Crippen LogP contribution in [-0.4, -0.2) is 26.9 Å². The van der Waals surface area contributed by atoms with E-state index in [-0.39, 0.29) is 0 Å². The SMILES string of the molecule is CCOC(=O)Nc1ccc(Nc2ccc(OC)cc2OC)cc1. The van der Waals surface area contributed by atoms with Gasteiger partial charge in [0.1, 0.15) is 11.5 Å². The first-order chi connectivity index (χ1) is 11.2. The molecule has 0 unspecified atom stereocenters. The predicted molar refractivity (Wildman–Crippen MR) is 89.9 cm³/mol. The molecular formula is C17H20N2O4. The van der Waals surface area contributed by atoms with Crippen molar-refractivity contribution in [1.29, 1.82) is 0 Å². The summed E-state index contributed by atoms with van der Waals surface area (Å²) < 4.78 is 15.4. The Labute approximate surface area is 135 Å². The van der Waals surface area contributed by atoms with Gasteiger partial charge in [-0.25, -0.2) is 4.79 Å². The molecule has 0 saturated heterocycles. The average Bonchev–Trinajstić information content (AvgIpc) is 2.57. The summed E-state index contributed by atoms with van der Waals surface area (Å²) in [5.41, 5.74) is 2.35. The lowest BCUT2D eigenvalue weighted by molar-refractivity contribution is 0.168. The van der Waals surface area contributed by atoms with Crippen LogP contribution in [0, 0.1) is 0 Å². The van der Waals surface area contributed by atoms with Crippen LogP contribution in [0.4, 0.5) is 21.9 Å². The highest BCUT2D eigenvalue weighted by Crippen LogP contribution is 2.31. The van der Waals surface area contributed by atoms with E-state index in [0.717, 1.165) is 17.1 Å². The molecule has 0 aliphatic heterocycles. The molecule has 2 rings (SSSR count). The number of carbonyl (C=O) groups is 1. The Kier molecular flexibility index (Phi) is 5.68. The van der Waals surface area contributed by atoms with Gasteiger partial charge in [0, 0.05) is 17.4 Å². The Morgan fingerprint density at radius 3 is 2.30 bits per heavy atom. The standard InChI is InChI=1S/C17H20N2O4/c1-4-23-17(20)19-13-7-5-12(6-8-13)18-15-10-9-14(21-2)11-16(15)22-3/h5-11,18H,4H2,1-3H3,(H,19,20). The summed E-state index contributed by atoms with van der Waals surface area (Å²) in [6.07, 6.45) is -0.468. The van der Waals surface area contributed by atoms with Crippen LogP contribution in [0.5, 0.6) is 11.5 Å². The van der Waals surface area contributed by atoms with E-state index in [9.17, 15) is 4.79 Å².